The predicted octanol–water partition coefficient (Wildman–Crippen LogP) is 5.91. The van der Waals surface area contributed by atoms with Crippen LogP contribution in [0.25, 0.3) is 0 Å². The number of amides is 4. The second-order valence-electron chi connectivity index (χ2n) is 13.2. The van der Waals surface area contributed by atoms with Gasteiger partial charge in [-0.25, -0.2) is 26.9 Å². The zero-order valence-corrected chi connectivity index (χ0v) is 28.0. The summed E-state index contributed by atoms with van der Waals surface area (Å²) in [5.41, 5.74) is -0.775. The molecule has 0 spiro atoms. The minimum Gasteiger partial charge on any atom is -0.507 e. The minimum absolute atomic E-state index is 0.00508. The van der Waals surface area contributed by atoms with Crippen LogP contribution in [0.2, 0.25) is 0 Å². The molecule has 2 N–H and O–H groups in total. The summed E-state index contributed by atoms with van der Waals surface area (Å²) < 4.78 is 73.2. The van der Waals surface area contributed by atoms with Gasteiger partial charge in [0, 0.05) is 18.9 Å². The van der Waals surface area contributed by atoms with Crippen molar-refractivity contribution in [2.45, 2.75) is 68.0 Å². The Hall–Kier alpha value is -4.04. The van der Waals surface area contributed by atoms with E-state index in [0.717, 1.165) is 4.90 Å². The number of alkyl halides is 2. The van der Waals surface area contributed by atoms with Gasteiger partial charge in [0.05, 0.1) is 11.8 Å². The molecular formula is C34H29Cl2F5N2O7. The third kappa shape index (κ3) is 4.88. The smallest absolute Gasteiger partial charge is 0.303 e. The van der Waals surface area contributed by atoms with Crippen LogP contribution in [-0.4, -0.2) is 61.0 Å². The fourth-order valence-corrected chi connectivity index (χ4v) is 9.04. The van der Waals surface area contributed by atoms with Crippen LogP contribution in [0.15, 0.2) is 23.8 Å². The molecule has 6 atom stereocenters. The van der Waals surface area contributed by atoms with Crippen LogP contribution >= 0.6 is 23.2 Å². The molecule has 16 heteroatoms. The molecule has 0 radical (unpaired) electrons. The Morgan fingerprint density at radius 1 is 0.860 bits per heavy atom. The summed E-state index contributed by atoms with van der Waals surface area (Å²) in [5, 5.41) is 19.4. The molecule has 4 aliphatic rings. The highest BCUT2D eigenvalue weighted by molar-refractivity contribution is 6.58. The number of phenolic OH excluding ortho intramolecular Hbond substituents is 1. The third-order valence-electron chi connectivity index (χ3n) is 10.4. The molecule has 2 aromatic carbocycles. The lowest BCUT2D eigenvalue weighted by molar-refractivity contribution is -0.141. The predicted molar refractivity (Wildman–Crippen MR) is 167 cm³/mol. The summed E-state index contributed by atoms with van der Waals surface area (Å²) in [6.45, 7) is 3.05. The summed E-state index contributed by atoms with van der Waals surface area (Å²) in [4.78, 5) is 62.5. The summed E-state index contributed by atoms with van der Waals surface area (Å²) >= 11 is 14.2. The maximum absolute atomic E-state index is 15.2. The number of carbonyl (C=O) groups is 5. The maximum atomic E-state index is 15.2. The number of phenols is 1. The normalized spacial score (nSPS) is 28.9. The molecule has 50 heavy (non-hydrogen) atoms. The van der Waals surface area contributed by atoms with Crippen LogP contribution in [0, 0.1) is 60.7 Å². The number of fused-ring (bicyclic) bond motifs is 4. The van der Waals surface area contributed by atoms with E-state index in [9.17, 15) is 42.3 Å². The number of nitrogens with zero attached hydrogens (tertiary/aromatic N) is 2. The summed E-state index contributed by atoms with van der Waals surface area (Å²) in [7, 11) is 0. The summed E-state index contributed by atoms with van der Waals surface area (Å²) in [6, 6.07) is 2.88. The highest BCUT2D eigenvalue weighted by Gasteiger charge is 2.77. The van der Waals surface area contributed by atoms with Crippen LogP contribution in [0.1, 0.15) is 61.1 Å². The maximum Gasteiger partial charge on any atom is 0.303 e. The second-order valence-corrected chi connectivity index (χ2v) is 14.5. The Bertz CT molecular complexity index is 1890. The van der Waals surface area contributed by atoms with E-state index in [1.165, 1.54) is 26.0 Å². The van der Waals surface area contributed by atoms with E-state index in [2.05, 4.69) is 0 Å². The first-order valence-corrected chi connectivity index (χ1v) is 16.5. The van der Waals surface area contributed by atoms with E-state index in [1.54, 1.807) is 6.08 Å². The highest BCUT2D eigenvalue weighted by atomic mass is 35.5. The van der Waals surface area contributed by atoms with E-state index in [4.69, 9.17) is 28.3 Å². The number of aromatic hydroxyl groups is 1. The number of unbranched alkanes of at least 4 members (excludes halogenated alkanes) is 2. The van der Waals surface area contributed by atoms with Gasteiger partial charge in [0.2, 0.25) is 17.6 Å². The number of allylic oxidation sites excluding steroid dienone is 2. The number of aryl methyl sites for hydroxylation is 2. The zero-order chi connectivity index (χ0) is 36.8. The van der Waals surface area contributed by atoms with Gasteiger partial charge in [-0.3, -0.25) is 28.9 Å². The van der Waals surface area contributed by atoms with Crippen molar-refractivity contribution in [3.63, 3.8) is 0 Å². The molecule has 2 aliphatic carbocycles. The van der Waals surface area contributed by atoms with Crippen molar-refractivity contribution in [3.8, 4) is 5.75 Å². The monoisotopic (exact) mass is 742 g/mol. The number of imide groups is 2. The Balaban J connectivity index is 1.49. The SMILES string of the molecule is Cc1cc([C@H]2C3=CC[C@@H]4C(=O)N(CCCCCC(=O)O)C(=O)[C@@H]4[C@@H]3C[C@@]3(Cl)C(=O)N(c4c(F)c(F)c(F)c(F)c4F)C(=O)[C@@]23Cl)cc(C)c1O. The lowest BCUT2D eigenvalue weighted by Crippen LogP contribution is -2.60. The molecule has 2 aromatic rings. The van der Waals surface area contributed by atoms with Crippen LogP contribution in [0.4, 0.5) is 27.6 Å². The molecule has 2 aliphatic heterocycles. The molecule has 2 saturated heterocycles. The van der Waals surface area contributed by atoms with Gasteiger partial charge in [-0.1, -0.05) is 30.2 Å². The fraction of sp³-hybridized carbons (Fsp3) is 0.441. The molecular weight excluding hydrogens is 714 g/mol. The summed E-state index contributed by atoms with van der Waals surface area (Å²) in [6.07, 6.45) is 1.92. The Morgan fingerprint density at radius 3 is 2.02 bits per heavy atom. The number of hydrogen-bond donors (Lipinski definition) is 2. The van der Waals surface area contributed by atoms with E-state index >= 15 is 8.78 Å². The van der Waals surface area contributed by atoms with E-state index < -0.39 is 104 Å². The average Bonchev–Trinajstić information content (AvgIpc) is 3.39. The first-order valence-electron chi connectivity index (χ1n) is 15.7. The molecule has 0 unspecified atom stereocenters. The molecule has 3 fully saturated rings. The van der Waals surface area contributed by atoms with Crippen molar-refractivity contribution in [3.05, 3.63) is 69.6 Å². The number of aliphatic carboxylic acids is 1. The van der Waals surface area contributed by atoms with Gasteiger partial charge in [-0.2, -0.15) is 0 Å². The van der Waals surface area contributed by atoms with Gasteiger partial charge in [-0.05, 0) is 62.1 Å². The zero-order valence-electron chi connectivity index (χ0n) is 26.5. The molecule has 9 nitrogen and oxygen atoms in total. The number of carboxylic acid groups (broad SMARTS) is 1. The van der Waals surface area contributed by atoms with Crippen LogP contribution in [0.5, 0.6) is 5.75 Å². The van der Waals surface area contributed by atoms with Gasteiger partial charge < -0.3 is 10.2 Å². The molecule has 0 bridgehead atoms. The molecule has 266 valence electrons. The molecule has 4 amide bonds. The fourth-order valence-electron chi connectivity index (χ4n) is 8.11. The first-order chi connectivity index (χ1) is 23.4. The standard InChI is InChI=1S/C34H29Cl2F5N2O7/c1-13-10-15(11-14(2)28(13)46)21-16-7-8-17-20(30(48)42(29(17)47)9-5-3-4-6-19(44)45)18(16)12-33(35)31(49)43(32(50)34(21,33)36)27-25(40)23(38)22(37)24(39)26(27)41/h7,10-11,17-18,20-21,46H,3-6,8-9,12H2,1-2H3,(H,44,45)/t17-,18+,20-,21-,33+,34-/m0/s1. The average molecular weight is 744 g/mol. The van der Waals surface area contributed by atoms with Crippen molar-refractivity contribution in [1.29, 1.82) is 0 Å². The van der Waals surface area contributed by atoms with Crippen LogP contribution < -0.4 is 4.90 Å². The number of carboxylic acids is 1. The van der Waals surface area contributed by atoms with Gasteiger partial charge in [0.1, 0.15) is 11.4 Å². The number of benzene rings is 2. The first kappa shape index (κ1) is 35.8. The Labute approximate surface area is 291 Å². The van der Waals surface area contributed by atoms with Gasteiger partial charge in [0.15, 0.2) is 33.0 Å². The second kappa shape index (κ2) is 12.3. The van der Waals surface area contributed by atoms with Crippen molar-refractivity contribution in [2.24, 2.45) is 17.8 Å². The molecule has 1 saturated carbocycles. The van der Waals surface area contributed by atoms with Crippen molar-refractivity contribution in [1.82, 2.24) is 4.90 Å². The van der Waals surface area contributed by atoms with E-state index in [0.29, 0.717) is 36.0 Å². The molecule has 0 aromatic heterocycles. The number of halogens is 7. The number of hydrogen-bond acceptors (Lipinski definition) is 6. The number of carbonyl (C=O) groups excluding carboxylic acids is 4. The number of likely N-dealkylation sites (tertiary alicyclic amines) is 1. The van der Waals surface area contributed by atoms with Crippen LogP contribution in [0.3, 0.4) is 0 Å². The minimum atomic E-state index is -2.66. The third-order valence-corrected chi connectivity index (χ3v) is 11.8. The van der Waals surface area contributed by atoms with Gasteiger partial charge in [-0.15, -0.1) is 23.2 Å². The van der Waals surface area contributed by atoms with Gasteiger partial charge >= 0.3 is 5.97 Å². The Morgan fingerprint density at radius 2 is 1.44 bits per heavy atom. The lowest BCUT2D eigenvalue weighted by atomic mass is 9.56. The number of rotatable bonds is 8. The molecule has 2 heterocycles. The van der Waals surface area contributed by atoms with Crippen molar-refractivity contribution in [2.75, 3.05) is 11.4 Å². The highest BCUT2D eigenvalue weighted by Crippen LogP contribution is 2.66. The quantitative estimate of drug-likeness (QED) is 0.0654. The molecule has 6 rings (SSSR count). The number of anilines is 1. The van der Waals surface area contributed by atoms with Crippen molar-refractivity contribution >= 4 is 58.5 Å². The lowest BCUT2D eigenvalue weighted by Gasteiger charge is -2.50. The van der Waals surface area contributed by atoms with Crippen molar-refractivity contribution < 1.29 is 56.1 Å². The largest absolute Gasteiger partial charge is 0.507 e. The van der Waals surface area contributed by atoms with Gasteiger partial charge in [0.25, 0.3) is 11.8 Å². The Kier molecular flexibility index (Phi) is 8.82. The van der Waals surface area contributed by atoms with E-state index in [1.807, 2.05) is 0 Å². The van der Waals surface area contributed by atoms with E-state index in [-0.39, 0.29) is 35.6 Å². The topological polar surface area (TPSA) is 132 Å². The summed E-state index contributed by atoms with van der Waals surface area (Å²) in [5.74, 6) is -22.2. The van der Waals surface area contributed by atoms with Crippen LogP contribution in [-0.2, 0) is 24.0 Å².